The molecule has 3 N–H and O–H groups in total. The molecule has 0 saturated carbocycles. The van der Waals surface area contributed by atoms with Crippen molar-refractivity contribution in [2.75, 3.05) is 11.9 Å². The van der Waals surface area contributed by atoms with Gasteiger partial charge in [-0.05, 0) is 19.8 Å². The highest BCUT2D eigenvalue weighted by Gasteiger charge is 2.24. The fourth-order valence-corrected chi connectivity index (χ4v) is 2.04. The molecule has 0 saturated heterocycles. The van der Waals surface area contributed by atoms with Crippen LogP contribution >= 0.6 is 0 Å². The van der Waals surface area contributed by atoms with Gasteiger partial charge in [0.1, 0.15) is 5.82 Å². The molecule has 0 radical (unpaired) electrons. The molecule has 6 nitrogen and oxygen atoms in total. The maximum absolute atomic E-state index is 8.88. The van der Waals surface area contributed by atoms with Crippen molar-refractivity contribution in [3.8, 4) is 0 Å². The zero-order valence-electron chi connectivity index (χ0n) is 12.0. The largest absolute Gasteiger partial charge is 0.409 e. The molecule has 0 aliphatic rings. The Morgan fingerprint density at radius 2 is 2.00 bits per heavy atom. The molecule has 18 heavy (non-hydrogen) atoms. The Bertz CT molecular complexity index is 450. The molecule has 1 rings (SSSR count). The quantitative estimate of drug-likeness (QED) is 0.367. The van der Waals surface area contributed by atoms with Crippen molar-refractivity contribution in [2.24, 2.45) is 23.9 Å². The highest BCUT2D eigenvalue weighted by molar-refractivity contribution is 6.02. The first-order valence-electron chi connectivity index (χ1n) is 6.05. The van der Waals surface area contributed by atoms with Gasteiger partial charge in [-0.15, -0.1) is 0 Å². The summed E-state index contributed by atoms with van der Waals surface area (Å²) in [5.41, 5.74) is 7.19. The lowest BCUT2D eigenvalue weighted by molar-refractivity contribution is 0.318. The summed E-state index contributed by atoms with van der Waals surface area (Å²) >= 11 is 0. The second kappa shape index (κ2) is 5.29. The van der Waals surface area contributed by atoms with Crippen LogP contribution in [0.4, 0.5) is 5.82 Å². The molecule has 0 aromatic carbocycles. The smallest absolute Gasteiger partial charge is 0.175 e. The lowest BCUT2D eigenvalue weighted by Crippen LogP contribution is -2.36. The van der Waals surface area contributed by atoms with Gasteiger partial charge in [0, 0.05) is 20.1 Å². The number of aromatic nitrogens is 2. The van der Waals surface area contributed by atoms with Crippen LogP contribution in [-0.2, 0) is 7.05 Å². The van der Waals surface area contributed by atoms with E-state index in [0.29, 0.717) is 17.5 Å². The van der Waals surface area contributed by atoms with Gasteiger partial charge >= 0.3 is 0 Å². The van der Waals surface area contributed by atoms with Crippen molar-refractivity contribution in [3.05, 3.63) is 11.3 Å². The van der Waals surface area contributed by atoms with E-state index in [4.69, 9.17) is 10.9 Å². The summed E-state index contributed by atoms with van der Waals surface area (Å²) in [7, 11) is 3.86. The SMILES string of the molecule is Cc1nn(C)c(N(C)C(C)C(C)C)c1/C(N)=N/O. The van der Waals surface area contributed by atoms with E-state index in [-0.39, 0.29) is 5.84 Å². The van der Waals surface area contributed by atoms with Crippen LogP contribution in [0.5, 0.6) is 0 Å². The first kappa shape index (κ1) is 14.3. The van der Waals surface area contributed by atoms with Gasteiger partial charge in [-0.1, -0.05) is 19.0 Å². The van der Waals surface area contributed by atoms with Crippen molar-refractivity contribution in [3.63, 3.8) is 0 Å². The van der Waals surface area contributed by atoms with E-state index in [1.165, 1.54) is 0 Å². The Labute approximate surface area is 108 Å². The van der Waals surface area contributed by atoms with Gasteiger partial charge in [0.05, 0.1) is 11.3 Å². The van der Waals surface area contributed by atoms with E-state index in [2.05, 4.69) is 35.9 Å². The van der Waals surface area contributed by atoms with Crippen LogP contribution in [0, 0.1) is 12.8 Å². The first-order valence-corrected chi connectivity index (χ1v) is 6.05. The Balaban J connectivity index is 3.31. The van der Waals surface area contributed by atoms with Crippen LogP contribution in [-0.4, -0.2) is 33.9 Å². The summed E-state index contributed by atoms with van der Waals surface area (Å²) in [5.74, 6) is 1.45. The number of aryl methyl sites for hydroxylation is 2. The summed E-state index contributed by atoms with van der Waals surface area (Å²) in [4.78, 5) is 2.11. The second-order valence-electron chi connectivity index (χ2n) is 4.99. The number of nitrogens with zero attached hydrogens (tertiary/aromatic N) is 4. The topological polar surface area (TPSA) is 79.7 Å². The number of hydrogen-bond acceptors (Lipinski definition) is 4. The predicted molar refractivity (Wildman–Crippen MR) is 73.2 cm³/mol. The van der Waals surface area contributed by atoms with Gasteiger partial charge in [0.2, 0.25) is 0 Å². The van der Waals surface area contributed by atoms with Crippen LogP contribution in [0.15, 0.2) is 5.16 Å². The summed E-state index contributed by atoms with van der Waals surface area (Å²) in [5, 5.41) is 16.3. The molecule has 0 bridgehead atoms. The Hall–Kier alpha value is -1.72. The number of nitrogens with two attached hydrogens (primary N) is 1. The molecule has 0 spiro atoms. The number of amidine groups is 1. The van der Waals surface area contributed by atoms with Crippen molar-refractivity contribution in [1.29, 1.82) is 0 Å². The van der Waals surface area contributed by atoms with Gasteiger partial charge in [-0.2, -0.15) is 5.10 Å². The Morgan fingerprint density at radius 3 is 2.44 bits per heavy atom. The van der Waals surface area contributed by atoms with E-state index < -0.39 is 0 Å². The van der Waals surface area contributed by atoms with E-state index in [1.54, 1.807) is 4.68 Å². The average molecular weight is 253 g/mol. The van der Waals surface area contributed by atoms with Gasteiger partial charge in [-0.25, -0.2) is 0 Å². The second-order valence-corrected chi connectivity index (χ2v) is 4.99. The Morgan fingerprint density at radius 1 is 1.44 bits per heavy atom. The molecule has 1 heterocycles. The molecular weight excluding hydrogens is 230 g/mol. The van der Waals surface area contributed by atoms with Crippen LogP contribution in [0.2, 0.25) is 0 Å². The molecule has 0 amide bonds. The molecule has 6 heteroatoms. The molecule has 0 fully saturated rings. The van der Waals surface area contributed by atoms with Crippen LogP contribution in [0.1, 0.15) is 32.0 Å². The van der Waals surface area contributed by atoms with Crippen LogP contribution in [0.3, 0.4) is 0 Å². The molecule has 1 atom stereocenters. The van der Waals surface area contributed by atoms with Gasteiger partial charge in [0.15, 0.2) is 5.84 Å². The van der Waals surface area contributed by atoms with Gasteiger partial charge in [0.25, 0.3) is 0 Å². The number of anilines is 1. The van der Waals surface area contributed by atoms with Crippen LogP contribution < -0.4 is 10.6 Å². The molecule has 1 aromatic rings. The summed E-state index contributed by atoms with van der Waals surface area (Å²) in [6.45, 7) is 8.31. The predicted octanol–water partition coefficient (Wildman–Crippen LogP) is 1.30. The third-order valence-corrected chi connectivity index (χ3v) is 3.47. The number of oxime groups is 1. The highest BCUT2D eigenvalue weighted by Crippen LogP contribution is 2.25. The zero-order valence-corrected chi connectivity index (χ0v) is 12.0. The highest BCUT2D eigenvalue weighted by atomic mass is 16.4. The lowest BCUT2D eigenvalue weighted by atomic mass is 10.0. The van der Waals surface area contributed by atoms with Crippen LogP contribution in [0.25, 0.3) is 0 Å². The van der Waals surface area contributed by atoms with E-state index in [0.717, 1.165) is 11.5 Å². The third-order valence-electron chi connectivity index (χ3n) is 3.47. The van der Waals surface area contributed by atoms with E-state index in [1.807, 2.05) is 21.0 Å². The zero-order chi connectivity index (χ0) is 14.0. The molecule has 0 aliphatic heterocycles. The fraction of sp³-hybridized carbons (Fsp3) is 0.667. The standard InChI is InChI=1S/C12H23N5O/c1-7(2)9(4)16(5)12-10(11(13)15-18)8(3)14-17(12)6/h7,9,18H,1-6H3,(H2,13,15). The minimum absolute atomic E-state index is 0.0957. The molecule has 1 unspecified atom stereocenters. The van der Waals surface area contributed by atoms with Crippen molar-refractivity contribution in [2.45, 2.75) is 33.7 Å². The summed E-state index contributed by atoms with van der Waals surface area (Å²) in [6, 6.07) is 0.324. The average Bonchev–Trinajstić information content (AvgIpc) is 2.61. The lowest BCUT2D eigenvalue weighted by Gasteiger charge is -2.30. The Kier molecular flexibility index (Phi) is 4.21. The van der Waals surface area contributed by atoms with Crippen molar-refractivity contribution < 1.29 is 5.21 Å². The molecular formula is C12H23N5O. The first-order chi connectivity index (χ1) is 8.31. The van der Waals surface area contributed by atoms with Gasteiger partial charge < -0.3 is 15.8 Å². The normalized spacial score (nSPS) is 14.1. The summed E-state index contributed by atoms with van der Waals surface area (Å²) < 4.78 is 1.77. The molecule has 102 valence electrons. The van der Waals surface area contributed by atoms with Crippen molar-refractivity contribution in [1.82, 2.24) is 9.78 Å². The third kappa shape index (κ3) is 2.42. The fourth-order valence-electron chi connectivity index (χ4n) is 2.04. The maximum Gasteiger partial charge on any atom is 0.175 e. The monoisotopic (exact) mass is 253 g/mol. The molecule has 0 aliphatic carbocycles. The number of hydrogen-bond donors (Lipinski definition) is 2. The van der Waals surface area contributed by atoms with E-state index in [9.17, 15) is 0 Å². The summed E-state index contributed by atoms with van der Waals surface area (Å²) in [6.07, 6.45) is 0. The number of rotatable bonds is 4. The maximum atomic E-state index is 8.88. The minimum Gasteiger partial charge on any atom is -0.409 e. The van der Waals surface area contributed by atoms with Gasteiger partial charge in [-0.3, -0.25) is 4.68 Å². The van der Waals surface area contributed by atoms with Crippen molar-refractivity contribution >= 4 is 11.7 Å². The minimum atomic E-state index is 0.0957. The molecule has 1 aromatic heterocycles. The van der Waals surface area contributed by atoms with E-state index >= 15 is 0 Å².